The Labute approximate surface area is 106 Å². The summed E-state index contributed by atoms with van der Waals surface area (Å²) in [6.07, 6.45) is 2.43. The fraction of sp³-hybridized carbons (Fsp3) is 0.429. The molecule has 1 aliphatic carbocycles. The Morgan fingerprint density at radius 1 is 1.17 bits per heavy atom. The summed E-state index contributed by atoms with van der Waals surface area (Å²) in [4.78, 5) is 25.9. The van der Waals surface area contributed by atoms with Crippen molar-refractivity contribution >= 4 is 23.2 Å². The highest BCUT2D eigenvalue weighted by molar-refractivity contribution is 6.18. The molecule has 2 bridgehead atoms. The second-order valence-corrected chi connectivity index (χ2v) is 5.26. The van der Waals surface area contributed by atoms with Gasteiger partial charge in [-0.3, -0.25) is 14.5 Å². The number of carbonyl (C=O) groups excluding carboxylic acids is 2. The number of carbonyl (C=O) groups is 2. The number of anilines is 2. The number of rotatable bonds is 1. The summed E-state index contributed by atoms with van der Waals surface area (Å²) in [5.41, 5.74) is 8.00. The number of benzene rings is 1. The highest BCUT2D eigenvalue weighted by Gasteiger charge is 2.45. The van der Waals surface area contributed by atoms with Gasteiger partial charge in [-0.2, -0.15) is 0 Å². The van der Waals surface area contributed by atoms with Crippen molar-refractivity contribution in [2.75, 3.05) is 10.6 Å². The van der Waals surface area contributed by atoms with E-state index in [1.165, 1.54) is 4.90 Å². The minimum atomic E-state index is -0.0436. The molecule has 1 aliphatic heterocycles. The molecule has 1 saturated carbocycles. The van der Waals surface area contributed by atoms with Crippen LogP contribution in [0.5, 0.6) is 0 Å². The average Bonchev–Trinajstić information content (AvgIpc) is 2.78. The number of piperidine rings is 1. The Hall–Kier alpha value is -1.84. The number of nitrogens with two attached hydrogens (primary N) is 1. The zero-order valence-corrected chi connectivity index (χ0v) is 10.3. The highest BCUT2D eigenvalue weighted by Crippen LogP contribution is 2.40. The van der Waals surface area contributed by atoms with Gasteiger partial charge in [0.25, 0.3) is 0 Å². The van der Waals surface area contributed by atoms with E-state index in [1.54, 1.807) is 12.1 Å². The van der Waals surface area contributed by atoms with Crippen LogP contribution in [0.4, 0.5) is 11.4 Å². The third-order valence-corrected chi connectivity index (χ3v) is 4.08. The van der Waals surface area contributed by atoms with Gasteiger partial charge in [0.1, 0.15) is 0 Å². The molecule has 1 heterocycles. The lowest BCUT2D eigenvalue weighted by atomic mass is 9.96. The van der Waals surface area contributed by atoms with Gasteiger partial charge in [0.05, 0.1) is 5.69 Å². The largest absolute Gasteiger partial charge is 0.399 e. The molecule has 4 nitrogen and oxygen atoms in total. The van der Waals surface area contributed by atoms with Gasteiger partial charge in [-0.1, -0.05) is 0 Å². The number of imide groups is 1. The lowest BCUT2D eigenvalue weighted by Crippen LogP contribution is -2.46. The van der Waals surface area contributed by atoms with Crippen molar-refractivity contribution in [3.05, 3.63) is 23.8 Å². The topological polar surface area (TPSA) is 63.4 Å². The van der Waals surface area contributed by atoms with Gasteiger partial charge >= 0.3 is 0 Å². The fourth-order valence-corrected chi connectivity index (χ4v) is 2.96. The van der Waals surface area contributed by atoms with Crippen LogP contribution in [-0.4, -0.2) is 11.8 Å². The van der Waals surface area contributed by atoms with Crippen molar-refractivity contribution in [1.82, 2.24) is 0 Å². The number of nitrogens with zero attached hydrogens (tertiary/aromatic N) is 1. The molecule has 94 valence electrons. The van der Waals surface area contributed by atoms with E-state index in [0.29, 0.717) is 11.4 Å². The second kappa shape index (κ2) is 3.83. The van der Waals surface area contributed by atoms with Crippen molar-refractivity contribution < 1.29 is 9.59 Å². The minimum absolute atomic E-state index is 0.0329. The first-order chi connectivity index (χ1) is 8.58. The standard InChI is InChI=1S/C14H16N2O2/c1-8-6-11(4-5-12(8)15)16-13(17)9-2-3-10(7-9)14(16)18/h4-6,9-10H,2-3,7,15H2,1H3. The maximum atomic E-state index is 12.3. The maximum Gasteiger partial charge on any atom is 0.236 e. The van der Waals surface area contributed by atoms with E-state index in [0.717, 1.165) is 24.8 Å². The number of amides is 2. The predicted octanol–water partition coefficient (Wildman–Crippen LogP) is 1.87. The van der Waals surface area contributed by atoms with Crippen molar-refractivity contribution in [2.24, 2.45) is 11.8 Å². The summed E-state index contributed by atoms with van der Waals surface area (Å²) in [5, 5.41) is 0. The quantitative estimate of drug-likeness (QED) is 0.606. The van der Waals surface area contributed by atoms with Crippen molar-refractivity contribution in [3.8, 4) is 0 Å². The van der Waals surface area contributed by atoms with Crippen LogP contribution in [0.1, 0.15) is 24.8 Å². The summed E-state index contributed by atoms with van der Waals surface area (Å²) in [6.45, 7) is 1.88. The van der Waals surface area contributed by atoms with Gasteiger partial charge in [0.2, 0.25) is 11.8 Å². The molecule has 0 aromatic heterocycles. The smallest absolute Gasteiger partial charge is 0.236 e. The lowest BCUT2D eigenvalue weighted by Gasteiger charge is -2.30. The Morgan fingerprint density at radius 3 is 2.33 bits per heavy atom. The molecule has 3 rings (SSSR count). The second-order valence-electron chi connectivity index (χ2n) is 5.26. The summed E-state index contributed by atoms with van der Waals surface area (Å²) >= 11 is 0. The molecule has 2 aliphatic rings. The number of aryl methyl sites for hydroxylation is 1. The number of nitrogen functional groups attached to an aromatic ring is 1. The van der Waals surface area contributed by atoms with Crippen LogP contribution in [-0.2, 0) is 9.59 Å². The van der Waals surface area contributed by atoms with Crippen LogP contribution in [0.25, 0.3) is 0 Å². The highest BCUT2D eigenvalue weighted by atomic mass is 16.2. The molecule has 1 aromatic rings. The van der Waals surface area contributed by atoms with Gasteiger partial charge in [-0.05, 0) is 49.9 Å². The van der Waals surface area contributed by atoms with E-state index >= 15 is 0 Å². The van der Waals surface area contributed by atoms with Crippen molar-refractivity contribution in [2.45, 2.75) is 26.2 Å². The normalized spacial score (nSPS) is 26.8. The van der Waals surface area contributed by atoms with Crippen LogP contribution in [0.3, 0.4) is 0 Å². The summed E-state index contributed by atoms with van der Waals surface area (Å²) in [5.74, 6) is -0.0213. The van der Waals surface area contributed by atoms with E-state index in [-0.39, 0.29) is 23.7 Å². The molecule has 1 aromatic carbocycles. The molecule has 2 atom stereocenters. The maximum absolute atomic E-state index is 12.3. The van der Waals surface area contributed by atoms with E-state index in [9.17, 15) is 9.59 Å². The SMILES string of the molecule is Cc1cc(N2C(=O)C3CCC(C3)C2=O)ccc1N. The molecule has 4 heteroatoms. The molecular weight excluding hydrogens is 228 g/mol. The van der Waals surface area contributed by atoms with E-state index in [4.69, 9.17) is 5.73 Å². The number of fused-ring (bicyclic) bond motifs is 2. The molecule has 2 N–H and O–H groups in total. The first kappa shape index (κ1) is 11.3. The Morgan fingerprint density at radius 2 is 1.78 bits per heavy atom. The van der Waals surface area contributed by atoms with Crippen molar-refractivity contribution in [1.29, 1.82) is 0 Å². The van der Waals surface area contributed by atoms with Gasteiger partial charge in [-0.25, -0.2) is 0 Å². The van der Waals surface area contributed by atoms with Crippen LogP contribution < -0.4 is 10.6 Å². The van der Waals surface area contributed by atoms with E-state index in [1.807, 2.05) is 13.0 Å². The molecule has 0 spiro atoms. The molecule has 2 fully saturated rings. The molecular formula is C14H16N2O2. The summed E-state index contributed by atoms with van der Waals surface area (Å²) in [7, 11) is 0. The average molecular weight is 244 g/mol. The molecule has 18 heavy (non-hydrogen) atoms. The van der Waals surface area contributed by atoms with Crippen LogP contribution in [0.2, 0.25) is 0 Å². The van der Waals surface area contributed by atoms with Gasteiger partial charge in [-0.15, -0.1) is 0 Å². The van der Waals surface area contributed by atoms with Crippen LogP contribution in [0.15, 0.2) is 18.2 Å². The van der Waals surface area contributed by atoms with Crippen molar-refractivity contribution in [3.63, 3.8) is 0 Å². The Bertz CT molecular complexity index is 517. The first-order valence-electron chi connectivity index (χ1n) is 6.32. The zero-order chi connectivity index (χ0) is 12.9. The number of hydrogen-bond acceptors (Lipinski definition) is 3. The fourth-order valence-electron chi connectivity index (χ4n) is 2.96. The van der Waals surface area contributed by atoms with Gasteiger partial charge < -0.3 is 5.73 Å². The third kappa shape index (κ3) is 1.52. The molecule has 1 saturated heterocycles. The zero-order valence-electron chi connectivity index (χ0n) is 10.3. The number of hydrogen-bond donors (Lipinski definition) is 1. The van der Waals surface area contributed by atoms with Gasteiger partial charge in [0.15, 0.2) is 0 Å². The molecule has 2 unspecified atom stereocenters. The molecule has 0 radical (unpaired) electrons. The first-order valence-corrected chi connectivity index (χ1v) is 6.32. The third-order valence-electron chi connectivity index (χ3n) is 4.08. The summed E-state index contributed by atoms with van der Waals surface area (Å²) < 4.78 is 0. The van der Waals surface area contributed by atoms with Crippen LogP contribution in [0, 0.1) is 18.8 Å². The van der Waals surface area contributed by atoms with Crippen LogP contribution >= 0.6 is 0 Å². The Kier molecular flexibility index (Phi) is 2.40. The monoisotopic (exact) mass is 244 g/mol. The molecule has 2 amide bonds. The lowest BCUT2D eigenvalue weighted by molar-refractivity contribution is -0.132. The predicted molar refractivity (Wildman–Crippen MR) is 68.9 cm³/mol. The van der Waals surface area contributed by atoms with E-state index < -0.39 is 0 Å². The summed E-state index contributed by atoms with van der Waals surface area (Å²) in [6, 6.07) is 5.32. The minimum Gasteiger partial charge on any atom is -0.399 e. The van der Waals surface area contributed by atoms with Gasteiger partial charge in [0, 0.05) is 17.5 Å². The Balaban J connectivity index is 2.02. The van der Waals surface area contributed by atoms with E-state index in [2.05, 4.69) is 0 Å².